The normalized spacial score (nSPS) is 12.5. The summed E-state index contributed by atoms with van der Waals surface area (Å²) < 4.78 is 62.8. The summed E-state index contributed by atoms with van der Waals surface area (Å²) in [6.45, 7) is 20.6. The van der Waals surface area contributed by atoms with Crippen LogP contribution >= 0.6 is 0 Å². The summed E-state index contributed by atoms with van der Waals surface area (Å²) in [6.07, 6.45) is -0.365. The van der Waals surface area contributed by atoms with Gasteiger partial charge in [-0.25, -0.2) is 28.0 Å². The van der Waals surface area contributed by atoms with E-state index in [1.165, 1.54) is 48.5 Å². The Labute approximate surface area is 302 Å². The molecule has 0 aromatic heterocycles. The molecule has 0 N–H and O–H groups in total. The van der Waals surface area contributed by atoms with E-state index in [1.807, 2.05) is 0 Å². The van der Waals surface area contributed by atoms with E-state index < -0.39 is 58.9 Å². The summed E-state index contributed by atoms with van der Waals surface area (Å²) in [5.74, 6) is -4.41. The van der Waals surface area contributed by atoms with Gasteiger partial charge in [-0.1, -0.05) is 13.2 Å². The molecule has 0 aliphatic rings. The van der Waals surface area contributed by atoms with Crippen LogP contribution in [0.5, 0.6) is 23.0 Å². The second kappa shape index (κ2) is 17.1. The highest BCUT2D eigenvalue weighted by Gasteiger charge is 2.28. The number of ether oxygens (including phenoxy) is 6. The minimum Gasteiger partial charge on any atom is -0.490 e. The van der Waals surface area contributed by atoms with Crippen LogP contribution in [0.4, 0.5) is 8.78 Å². The van der Waals surface area contributed by atoms with Crippen LogP contribution in [-0.2, 0) is 19.1 Å². The van der Waals surface area contributed by atoms with Crippen molar-refractivity contribution in [3.8, 4) is 23.0 Å². The van der Waals surface area contributed by atoms with Crippen LogP contribution < -0.4 is 18.9 Å². The van der Waals surface area contributed by atoms with Crippen LogP contribution in [0.1, 0.15) is 88.9 Å². The number of rotatable bonds is 16. The first-order valence-electron chi connectivity index (χ1n) is 16.4. The van der Waals surface area contributed by atoms with E-state index in [4.69, 9.17) is 28.4 Å². The first kappa shape index (κ1) is 40.9. The maximum Gasteiger partial charge on any atom is 0.346 e. The monoisotopic (exact) mass is 722 g/mol. The number of carbonyl (C=O) groups is 4. The largest absolute Gasteiger partial charge is 0.490 e. The summed E-state index contributed by atoms with van der Waals surface area (Å²) in [6, 6.07) is 12.7. The van der Waals surface area contributed by atoms with E-state index >= 15 is 0 Å². The smallest absolute Gasteiger partial charge is 0.346 e. The Morgan fingerprint density at radius 2 is 1.06 bits per heavy atom. The van der Waals surface area contributed by atoms with Crippen molar-refractivity contribution in [1.29, 1.82) is 0 Å². The predicted molar refractivity (Wildman–Crippen MR) is 189 cm³/mol. The zero-order valence-corrected chi connectivity index (χ0v) is 30.6. The molecule has 0 spiro atoms. The van der Waals surface area contributed by atoms with Crippen LogP contribution in [0.15, 0.2) is 85.0 Å². The number of hydrogen-bond donors (Lipinski definition) is 0. The molecule has 0 aliphatic carbocycles. The fourth-order valence-corrected chi connectivity index (χ4v) is 5.08. The second-order valence-corrected chi connectivity index (χ2v) is 13.7. The zero-order chi connectivity index (χ0) is 39.0. The van der Waals surface area contributed by atoms with Crippen molar-refractivity contribution in [2.75, 3.05) is 0 Å². The van der Waals surface area contributed by atoms with Crippen molar-refractivity contribution in [2.45, 2.75) is 91.6 Å². The molecule has 2 atom stereocenters. The molecule has 0 amide bonds. The van der Waals surface area contributed by atoms with Gasteiger partial charge < -0.3 is 28.4 Å². The number of hydrogen-bond acceptors (Lipinski definition) is 10. The Balaban J connectivity index is 1.56. The average molecular weight is 723 g/mol. The van der Waals surface area contributed by atoms with Crippen LogP contribution in [0.2, 0.25) is 0 Å². The van der Waals surface area contributed by atoms with Gasteiger partial charge in [-0.15, -0.1) is 0 Å². The van der Waals surface area contributed by atoms with Crippen molar-refractivity contribution in [3.63, 3.8) is 0 Å². The van der Waals surface area contributed by atoms with Crippen molar-refractivity contribution in [1.82, 2.24) is 0 Å². The predicted octanol–water partition coefficient (Wildman–Crippen LogP) is 8.51. The van der Waals surface area contributed by atoms with Gasteiger partial charge >= 0.3 is 23.9 Å². The highest BCUT2D eigenvalue weighted by molar-refractivity contribution is 5.92. The van der Waals surface area contributed by atoms with Crippen molar-refractivity contribution in [2.24, 2.45) is 0 Å². The minimum absolute atomic E-state index is 0.0309. The Morgan fingerprint density at radius 3 is 1.52 bits per heavy atom. The molecule has 52 heavy (non-hydrogen) atoms. The lowest BCUT2D eigenvalue weighted by atomic mass is 10.0. The number of halogens is 2. The van der Waals surface area contributed by atoms with E-state index in [-0.39, 0.29) is 45.3 Å². The summed E-state index contributed by atoms with van der Waals surface area (Å²) in [4.78, 5) is 49.1. The van der Waals surface area contributed by atoms with E-state index in [2.05, 4.69) is 13.2 Å². The lowest BCUT2D eigenvalue weighted by molar-refractivity contribution is -0.153. The zero-order valence-electron chi connectivity index (χ0n) is 30.6. The third kappa shape index (κ3) is 12.4. The van der Waals surface area contributed by atoms with Crippen molar-refractivity contribution in [3.05, 3.63) is 108 Å². The van der Waals surface area contributed by atoms with Crippen molar-refractivity contribution < 1.29 is 56.4 Å². The molecule has 2 unspecified atom stereocenters. The maximum absolute atomic E-state index is 14.9. The minimum atomic E-state index is -0.983. The first-order chi connectivity index (χ1) is 24.1. The average Bonchev–Trinajstić information content (AvgIpc) is 3.00. The molecule has 0 fully saturated rings. The quantitative estimate of drug-likeness (QED) is 0.0808. The van der Waals surface area contributed by atoms with Crippen molar-refractivity contribution >= 4 is 23.9 Å². The van der Waals surface area contributed by atoms with E-state index in [0.29, 0.717) is 12.8 Å². The van der Waals surface area contributed by atoms with Crippen LogP contribution in [0.3, 0.4) is 0 Å². The first-order valence-corrected chi connectivity index (χ1v) is 16.4. The molecule has 0 aliphatic heterocycles. The molecule has 0 bridgehead atoms. The molecular formula is C40H44F2O10. The number of benzene rings is 3. The lowest BCUT2D eigenvalue weighted by Gasteiger charge is -2.29. The van der Waals surface area contributed by atoms with Gasteiger partial charge in [-0.05, 0) is 104 Å². The molecule has 0 saturated heterocycles. The molecule has 0 saturated carbocycles. The molecule has 278 valence electrons. The fraction of sp³-hybridized carbons (Fsp3) is 0.350. The Morgan fingerprint density at radius 1 is 0.635 bits per heavy atom. The van der Waals surface area contributed by atoms with Gasteiger partial charge in [0.05, 0.1) is 17.2 Å². The van der Waals surface area contributed by atoms with Gasteiger partial charge in [0.15, 0.2) is 0 Å². The fourth-order valence-electron chi connectivity index (χ4n) is 5.08. The van der Waals surface area contributed by atoms with Gasteiger partial charge in [0.25, 0.3) is 0 Å². The summed E-state index contributed by atoms with van der Waals surface area (Å²) >= 11 is 0. The molecule has 0 heterocycles. The topological polar surface area (TPSA) is 124 Å². The summed E-state index contributed by atoms with van der Waals surface area (Å²) in [5.41, 5.74) is -1.88. The Hall–Kier alpha value is -5.52. The van der Waals surface area contributed by atoms with Crippen LogP contribution in [0, 0.1) is 11.6 Å². The molecule has 3 aromatic rings. The van der Waals surface area contributed by atoms with E-state index in [0.717, 1.165) is 12.1 Å². The lowest BCUT2D eigenvalue weighted by Crippen LogP contribution is -2.34. The molecule has 0 radical (unpaired) electrons. The Kier molecular flexibility index (Phi) is 13.5. The molecule has 10 nitrogen and oxygen atoms in total. The second-order valence-electron chi connectivity index (χ2n) is 13.7. The van der Waals surface area contributed by atoms with E-state index in [9.17, 15) is 28.0 Å². The molecule has 3 aromatic carbocycles. The highest BCUT2D eigenvalue weighted by Crippen LogP contribution is 2.28. The Bertz CT molecular complexity index is 1830. The highest BCUT2D eigenvalue weighted by atomic mass is 19.1. The summed E-state index contributed by atoms with van der Waals surface area (Å²) in [7, 11) is 0. The standard InChI is InChI=1S/C40H44F2O10/c1-23(2)35(43)48-26(6)22-39(7,8)51-30-16-18-32(34(42)20-30)38(46)50-28-13-11-27(12-14-28)49-37(45)31-17-15-29(19-33(31)41)47-25(5)21-40(9,10)52-36(44)24(3)4/h11-20,25-26H,1,3,21-22H2,2,4-10H3. The third-order valence-electron chi connectivity index (χ3n) is 7.23. The summed E-state index contributed by atoms with van der Waals surface area (Å²) in [5, 5.41) is 0. The maximum atomic E-state index is 14.9. The molecule has 3 rings (SSSR count). The SMILES string of the molecule is C=C(C)C(=O)OC(C)CC(C)(C)Oc1ccc(C(=O)Oc2ccc(OC(=O)c3ccc(OC(C)CC(C)(C)OC(=O)C(=C)C)cc3F)cc2)c(F)c1. The number of esters is 4. The molecule has 12 heteroatoms. The van der Waals surface area contributed by atoms with Crippen LogP contribution in [0.25, 0.3) is 0 Å². The molecular weight excluding hydrogens is 678 g/mol. The van der Waals surface area contributed by atoms with Crippen LogP contribution in [-0.4, -0.2) is 47.3 Å². The van der Waals surface area contributed by atoms with Gasteiger partial charge in [-0.2, -0.15) is 0 Å². The van der Waals surface area contributed by atoms with E-state index in [1.54, 1.807) is 55.4 Å². The van der Waals surface area contributed by atoms with Gasteiger partial charge in [0.2, 0.25) is 0 Å². The van der Waals surface area contributed by atoms with Gasteiger partial charge in [-0.3, -0.25) is 0 Å². The number of carbonyl (C=O) groups excluding carboxylic acids is 4. The van der Waals surface area contributed by atoms with Gasteiger partial charge in [0.1, 0.15) is 51.9 Å². The van der Waals surface area contributed by atoms with Gasteiger partial charge in [0, 0.05) is 36.1 Å². The third-order valence-corrected chi connectivity index (χ3v) is 7.23.